The summed E-state index contributed by atoms with van der Waals surface area (Å²) in [6.45, 7) is 0. The van der Waals surface area contributed by atoms with Crippen LogP contribution in [-0.4, -0.2) is 10.9 Å². The van der Waals surface area contributed by atoms with Gasteiger partial charge in [0.2, 0.25) is 0 Å². The first kappa shape index (κ1) is 13.1. The second-order valence-electron chi connectivity index (χ2n) is 2.97. The SMILES string of the molecule is O=C(Nc1nc(CCl)cs1)c1cc(Cl)sc1Cl. The van der Waals surface area contributed by atoms with Crippen molar-refractivity contribution in [1.29, 1.82) is 0 Å². The highest BCUT2D eigenvalue weighted by atomic mass is 35.5. The van der Waals surface area contributed by atoms with Gasteiger partial charge in [-0.15, -0.1) is 34.3 Å². The number of nitrogens with zero attached hydrogens (tertiary/aromatic N) is 1. The number of aromatic nitrogens is 1. The molecule has 1 amide bonds. The van der Waals surface area contributed by atoms with Crippen LogP contribution in [0.5, 0.6) is 0 Å². The van der Waals surface area contributed by atoms with Crippen molar-refractivity contribution in [3.8, 4) is 0 Å². The molecule has 90 valence electrons. The van der Waals surface area contributed by atoms with E-state index in [0.717, 1.165) is 17.0 Å². The Kier molecular flexibility index (Phi) is 4.27. The van der Waals surface area contributed by atoms with Gasteiger partial charge in [-0.05, 0) is 6.07 Å². The van der Waals surface area contributed by atoms with Gasteiger partial charge in [0.1, 0.15) is 4.34 Å². The molecule has 0 saturated carbocycles. The molecule has 2 aromatic rings. The zero-order valence-electron chi connectivity index (χ0n) is 8.17. The van der Waals surface area contributed by atoms with Crippen LogP contribution >= 0.6 is 57.5 Å². The summed E-state index contributed by atoms with van der Waals surface area (Å²) in [6, 6.07) is 1.53. The van der Waals surface area contributed by atoms with Gasteiger partial charge in [0.25, 0.3) is 5.91 Å². The fourth-order valence-corrected chi connectivity index (χ4v) is 3.48. The zero-order valence-corrected chi connectivity index (χ0v) is 12.1. The third-order valence-corrected chi connectivity index (χ3v) is 4.38. The summed E-state index contributed by atoms with van der Waals surface area (Å²) in [4.78, 5) is 15.9. The van der Waals surface area contributed by atoms with Crippen molar-refractivity contribution in [3.05, 3.63) is 31.4 Å². The maximum Gasteiger partial charge on any atom is 0.259 e. The maximum absolute atomic E-state index is 11.8. The molecule has 1 N–H and O–H groups in total. The Labute approximate surface area is 120 Å². The number of halogens is 3. The standard InChI is InChI=1S/C9H5Cl3N2OS2/c10-2-4-3-16-9(13-4)14-8(15)5-1-6(11)17-7(5)12/h1,3H,2H2,(H,13,14,15). The highest BCUT2D eigenvalue weighted by Gasteiger charge is 2.15. The van der Waals surface area contributed by atoms with Gasteiger partial charge in [-0.1, -0.05) is 23.2 Å². The van der Waals surface area contributed by atoms with Crippen molar-refractivity contribution in [2.45, 2.75) is 5.88 Å². The van der Waals surface area contributed by atoms with Gasteiger partial charge in [0.15, 0.2) is 5.13 Å². The Bertz CT molecular complexity index is 552. The minimum Gasteiger partial charge on any atom is -0.298 e. The largest absolute Gasteiger partial charge is 0.298 e. The molecule has 0 bridgehead atoms. The molecule has 0 aliphatic carbocycles. The maximum atomic E-state index is 11.8. The lowest BCUT2D eigenvalue weighted by atomic mass is 10.3. The number of carbonyl (C=O) groups excluding carboxylic acids is 1. The average Bonchev–Trinajstić information content (AvgIpc) is 2.85. The van der Waals surface area contributed by atoms with E-state index in [1.807, 2.05) is 0 Å². The lowest BCUT2D eigenvalue weighted by Crippen LogP contribution is -2.11. The lowest BCUT2D eigenvalue weighted by molar-refractivity contribution is 0.102. The van der Waals surface area contributed by atoms with Crippen LogP contribution in [0, 0.1) is 0 Å². The van der Waals surface area contributed by atoms with Crippen LogP contribution in [-0.2, 0) is 5.88 Å². The van der Waals surface area contributed by atoms with Gasteiger partial charge in [-0.3, -0.25) is 10.1 Å². The summed E-state index contributed by atoms with van der Waals surface area (Å²) in [7, 11) is 0. The Morgan fingerprint density at radius 3 is 2.76 bits per heavy atom. The van der Waals surface area contributed by atoms with Crippen molar-refractivity contribution < 1.29 is 4.79 Å². The molecule has 0 aliphatic heterocycles. The molecule has 0 radical (unpaired) electrons. The molecule has 0 atom stereocenters. The number of rotatable bonds is 3. The number of thiazole rings is 1. The molecule has 3 nitrogen and oxygen atoms in total. The summed E-state index contributed by atoms with van der Waals surface area (Å²) in [5, 5.41) is 4.91. The Morgan fingerprint density at radius 2 is 2.24 bits per heavy atom. The number of amides is 1. The van der Waals surface area contributed by atoms with Gasteiger partial charge in [-0.25, -0.2) is 4.98 Å². The van der Waals surface area contributed by atoms with Gasteiger partial charge < -0.3 is 0 Å². The summed E-state index contributed by atoms with van der Waals surface area (Å²) < 4.78 is 0.836. The second kappa shape index (κ2) is 5.54. The molecule has 17 heavy (non-hydrogen) atoms. The third-order valence-electron chi connectivity index (χ3n) is 1.81. The van der Waals surface area contributed by atoms with E-state index in [2.05, 4.69) is 10.3 Å². The van der Waals surface area contributed by atoms with Crippen LogP contribution in [0.2, 0.25) is 8.67 Å². The topological polar surface area (TPSA) is 42.0 Å². The highest BCUT2D eigenvalue weighted by molar-refractivity contribution is 7.20. The molecular formula is C9H5Cl3N2OS2. The van der Waals surface area contributed by atoms with Crippen LogP contribution in [0.25, 0.3) is 0 Å². The molecule has 0 fully saturated rings. The van der Waals surface area contributed by atoms with Gasteiger partial charge >= 0.3 is 0 Å². The van der Waals surface area contributed by atoms with E-state index in [1.165, 1.54) is 17.4 Å². The summed E-state index contributed by atoms with van der Waals surface area (Å²) in [6.07, 6.45) is 0. The zero-order chi connectivity index (χ0) is 12.4. The van der Waals surface area contributed by atoms with E-state index >= 15 is 0 Å². The first-order chi connectivity index (χ1) is 8.10. The fraction of sp³-hybridized carbons (Fsp3) is 0.111. The Hall–Kier alpha value is -0.330. The summed E-state index contributed by atoms with van der Waals surface area (Å²) >= 11 is 19.7. The first-order valence-corrected chi connectivity index (χ1v) is 7.35. The quantitative estimate of drug-likeness (QED) is 0.843. The fourth-order valence-electron chi connectivity index (χ4n) is 1.09. The van der Waals surface area contributed by atoms with Gasteiger partial charge in [-0.2, -0.15) is 0 Å². The van der Waals surface area contributed by atoms with E-state index in [-0.39, 0.29) is 5.91 Å². The molecule has 0 spiro atoms. The van der Waals surface area contributed by atoms with Crippen molar-refractivity contribution in [1.82, 2.24) is 4.98 Å². The molecular weight excluding hydrogens is 323 g/mol. The first-order valence-electron chi connectivity index (χ1n) is 4.36. The van der Waals surface area contributed by atoms with Crippen molar-refractivity contribution >= 4 is 68.5 Å². The number of carbonyl (C=O) groups is 1. The summed E-state index contributed by atoms with van der Waals surface area (Å²) in [5.74, 6) is -0.00848. The molecule has 0 aromatic carbocycles. The van der Waals surface area contributed by atoms with Crippen molar-refractivity contribution in [2.75, 3.05) is 5.32 Å². The lowest BCUT2D eigenvalue weighted by Gasteiger charge is -1.98. The minimum absolute atomic E-state index is 0.317. The number of hydrogen-bond acceptors (Lipinski definition) is 4. The van der Waals surface area contributed by atoms with Crippen LogP contribution in [0.15, 0.2) is 11.4 Å². The number of anilines is 1. The number of alkyl halides is 1. The van der Waals surface area contributed by atoms with E-state index < -0.39 is 0 Å². The van der Waals surface area contributed by atoms with E-state index in [0.29, 0.717) is 25.2 Å². The Balaban J connectivity index is 2.14. The van der Waals surface area contributed by atoms with Crippen LogP contribution in [0.4, 0.5) is 5.13 Å². The predicted molar refractivity (Wildman–Crippen MR) is 74.0 cm³/mol. The highest BCUT2D eigenvalue weighted by Crippen LogP contribution is 2.31. The predicted octanol–water partition coefficient (Wildman–Crippen LogP) is 4.50. The van der Waals surface area contributed by atoms with Crippen molar-refractivity contribution in [3.63, 3.8) is 0 Å². The minimum atomic E-state index is -0.325. The van der Waals surface area contributed by atoms with Gasteiger partial charge in [0, 0.05) is 5.38 Å². The third kappa shape index (κ3) is 3.11. The monoisotopic (exact) mass is 326 g/mol. The normalized spacial score (nSPS) is 10.5. The Morgan fingerprint density at radius 1 is 1.47 bits per heavy atom. The average molecular weight is 328 g/mol. The molecule has 0 saturated heterocycles. The summed E-state index contributed by atoms with van der Waals surface area (Å²) in [5.41, 5.74) is 1.07. The molecule has 8 heteroatoms. The van der Waals surface area contributed by atoms with E-state index in [9.17, 15) is 4.79 Å². The smallest absolute Gasteiger partial charge is 0.259 e. The van der Waals surface area contributed by atoms with Crippen LogP contribution in [0.1, 0.15) is 16.1 Å². The molecule has 2 rings (SSSR count). The van der Waals surface area contributed by atoms with Gasteiger partial charge in [0.05, 0.1) is 21.5 Å². The van der Waals surface area contributed by atoms with E-state index in [1.54, 1.807) is 5.38 Å². The number of thiophene rings is 1. The number of nitrogens with one attached hydrogen (secondary N) is 1. The van der Waals surface area contributed by atoms with Crippen LogP contribution < -0.4 is 5.32 Å². The molecule has 2 heterocycles. The van der Waals surface area contributed by atoms with Crippen LogP contribution in [0.3, 0.4) is 0 Å². The molecule has 0 aliphatic rings. The second-order valence-corrected chi connectivity index (χ2v) is 6.38. The number of hydrogen-bond donors (Lipinski definition) is 1. The van der Waals surface area contributed by atoms with E-state index in [4.69, 9.17) is 34.8 Å². The molecule has 0 unspecified atom stereocenters. The molecule has 2 aromatic heterocycles. The van der Waals surface area contributed by atoms with Crippen molar-refractivity contribution in [2.24, 2.45) is 0 Å².